The van der Waals surface area contributed by atoms with Gasteiger partial charge in [-0.05, 0) is 29.8 Å². The fraction of sp³-hybridized carbons (Fsp3) is 0.100. The van der Waals surface area contributed by atoms with Crippen LogP contribution in [0.15, 0.2) is 60.8 Å². The van der Waals surface area contributed by atoms with E-state index in [9.17, 15) is 18.0 Å². The van der Waals surface area contributed by atoms with Crippen LogP contribution in [0.3, 0.4) is 0 Å². The van der Waals surface area contributed by atoms with Crippen molar-refractivity contribution in [2.24, 2.45) is 0 Å². The van der Waals surface area contributed by atoms with Gasteiger partial charge in [-0.2, -0.15) is 0 Å². The van der Waals surface area contributed by atoms with Crippen molar-refractivity contribution in [1.29, 1.82) is 0 Å². The number of nitrogens with one attached hydrogen (secondary N) is 1. The predicted molar refractivity (Wildman–Crippen MR) is 96.1 cm³/mol. The van der Waals surface area contributed by atoms with Crippen molar-refractivity contribution < 1.29 is 18.0 Å². The van der Waals surface area contributed by atoms with E-state index in [-0.39, 0.29) is 17.3 Å². The number of carbonyl (C=O) groups excluding carboxylic acids is 1. The number of hydrogen-bond donors (Lipinski definition) is 1. The molecule has 1 heterocycles. The zero-order chi connectivity index (χ0) is 19.4. The number of anilines is 2. The van der Waals surface area contributed by atoms with Crippen LogP contribution in [-0.2, 0) is 6.54 Å². The Bertz CT molecular complexity index is 964. The van der Waals surface area contributed by atoms with Gasteiger partial charge in [-0.3, -0.25) is 9.78 Å². The molecular weight excluding hydrogens is 355 g/mol. The third kappa shape index (κ3) is 4.25. The molecule has 3 rings (SSSR count). The summed E-state index contributed by atoms with van der Waals surface area (Å²) < 4.78 is 40.2. The minimum absolute atomic E-state index is 0.140. The van der Waals surface area contributed by atoms with Crippen molar-refractivity contribution >= 4 is 17.3 Å². The number of benzene rings is 2. The van der Waals surface area contributed by atoms with E-state index in [1.54, 1.807) is 7.05 Å². The highest BCUT2D eigenvalue weighted by atomic mass is 19.2. The number of carbonyl (C=O) groups is 1. The van der Waals surface area contributed by atoms with E-state index >= 15 is 0 Å². The highest BCUT2D eigenvalue weighted by Gasteiger charge is 2.16. The fourth-order valence-corrected chi connectivity index (χ4v) is 2.53. The molecule has 1 aromatic heterocycles. The maximum Gasteiger partial charge on any atom is 0.272 e. The minimum atomic E-state index is -1.56. The lowest BCUT2D eigenvalue weighted by molar-refractivity contribution is 0.0779. The van der Waals surface area contributed by atoms with Crippen LogP contribution in [0.2, 0.25) is 0 Å². The second-order valence-electron chi connectivity index (χ2n) is 5.92. The van der Waals surface area contributed by atoms with Crippen LogP contribution < -0.4 is 5.32 Å². The number of nitrogens with zero attached hydrogens (tertiary/aromatic N) is 2. The molecule has 1 amide bonds. The summed E-state index contributed by atoms with van der Waals surface area (Å²) in [6, 6.07) is 14.3. The van der Waals surface area contributed by atoms with E-state index in [1.807, 2.05) is 30.3 Å². The monoisotopic (exact) mass is 371 g/mol. The molecule has 0 saturated heterocycles. The van der Waals surface area contributed by atoms with Crippen molar-refractivity contribution in [3.05, 3.63) is 89.5 Å². The van der Waals surface area contributed by atoms with Gasteiger partial charge in [0.25, 0.3) is 5.91 Å². The highest BCUT2D eigenvalue weighted by molar-refractivity contribution is 5.93. The Hall–Kier alpha value is -3.35. The molecule has 0 aliphatic rings. The summed E-state index contributed by atoms with van der Waals surface area (Å²) in [4.78, 5) is 18.1. The summed E-state index contributed by atoms with van der Waals surface area (Å²) in [5.74, 6) is -4.49. The molecule has 0 radical (unpaired) electrons. The van der Waals surface area contributed by atoms with Gasteiger partial charge in [0.1, 0.15) is 5.69 Å². The van der Waals surface area contributed by atoms with Crippen LogP contribution in [0.4, 0.5) is 24.5 Å². The van der Waals surface area contributed by atoms with Gasteiger partial charge < -0.3 is 10.2 Å². The Morgan fingerprint density at radius 2 is 1.78 bits per heavy atom. The zero-order valence-electron chi connectivity index (χ0n) is 14.4. The van der Waals surface area contributed by atoms with Crippen LogP contribution in [0.5, 0.6) is 0 Å². The summed E-state index contributed by atoms with van der Waals surface area (Å²) in [6.07, 6.45) is 1.38. The number of pyridine rings is 1. The summed E-state index contributed by atoms with van der Waals surface area (Å²) in [6.45, 7) is 0.400. The molecule has 27 heavy (non-hydrogen) atoms. The summed E-state index contributed by atoms with van der Waals surface area (Å²) in [5.41, 5.74) is 1.19. The Morgan fingerprint density at radius 3 is 2.52 bits per heavy atom. The maximum absolute atomic E-state index is 13.8. The Labute approximate surface area is 154 Å². The molecule has 0 saturated carbocycles. The van der Waals surface area contributed by atoms with Crippen LogP contribution >= 0.6 is 0 Å². The molecule has 0 bridgehead atoms. The third-order valence-electron chi connectivity index (χ3n) is 3.90. The largest absolute Gasteiger partial charge is 0.353 e. The van der Waals surface area contributed by atoms with Crippen LogP contribution in [0.25, 0.3) is 0 Å². The van der Waals surface area contributed by atoms with E-state index in [4.69, 9.17) is 0 Å². The lowest BCUT2D eigenvalue weighted by Crippen LogP contribution is -2.27. The first-order chi connectivity index (χ1) is 13.0. The van der Waals surface area contributed by atoms with E-state index in [1.165, 1.54) is 23.2 Å². The summed E-state index contributed by atoms with van der Waals surface area (Å²) in [7, 11) is 1.64. The molecule has 0 unspecified atom stereocenters. The molecular formula is C20H16F3N3O. The fourth-order valence-electron chi connectivity index (χ4n) is 2.53. The number of amides is 1. The van der Waals surface area contributed by atoms with E-state index in [0.717, 1.165) is 17.7 Å². The lowest BCUT2D eigenvalue weighted by Gasteiger charge is -2.17. The normalized spacial score (nSPS) is 10.5. The van der Waals surface area contributed by atoms with E-state index in [0.29, 0.717) is 12.2 Å². The van der Waals surface area contributed by atoms with E-state index < -0.39 is 17.5 Å². The van der Waals surface area contributed by atoms with Gasteiger partial charge in [0.05, 0.1) is 5.69 Å². The lowest BCUT2D eigenvalue weighted by atomic mass is 10.2. The standard InChI is InChI=1S/C20H16F3N3O/c1-26(12-13-5-3-2-4-6-13)20(27)17-11-14(9-10-24-17)25-16-8-7-15(21)18(22)19(16)23/h2-11H,12H2,1H3,(H,24,25). The Balaban J connectivity index is 1.77. The van der Waals surface area contributed by atoms with Gasteiger partial charge >= 0.3 is 0 Å². The van der Waals surface area contributed by atoms with Crippen molar-refractivity contribution in [3.63, 3.8) is 0 Å². The molecule has 2 aromatic carbocycles. The minimum Gasteiger partial charge on any atom is -0.353 e. The zero-order valence-corrected chi connectivity index (χ0v) is 14.4. The second kappa shape index (κ2) is 7.90. The Morgan fingerprint density at radius 1 is 1.04 bits per heavy atom. The van der Waals surface area contributed by atoms with Crippen molar-refractivity contribution in [2.45, 2.75) is 6.54 Å². The van der Waals surface area contributed by atoms with Crippen LogP contribution in [0.1, 0.15) is 16.1 Å². The SMILES string of the molecule is CN(Cc1ccccc1)C(=O)c1cc(Nc2ccc(F)c(F)c2F)ccn1. The first-order valence-electron chi connectivity index (χ1n) is 8.11. The van der Waals surface area contributed by atoms with Crippen LogP contribution in [0, 0.1) is 17.5 Å². The van der Waals surface area contributed by atoms with Gasteiger partial charge in [0.15, 0.2) is 17.5 Å². The van der Waals surface area contributed by atoms with Gasteiger partial charge in [0.2, 0.25) is 0 Å². The summed E-state index contributed by atoms with van der Waals surface area (Å²) >= 11 is 0. The van der Waals surface area contributed by atoms with Gasteiger partial charge in [-0.15, -0.1) is 0 Å². The van der Waals surface area contributed by atoms with Gasteiger partial charge in [-0.1, -0.05) is 30.3 Å². The molecule has 0 aliphatic carbocycles. The molecule has 3 aromatic rings. The van der Waals surface area contributed by atoms with Crippen molar-refractivity contribution in [3.8, 4) is 0 Å². The Kier molecular flexibility index (Phi) is 5.40. The molecule has 0 atom stereocenters. The average molecular weight is 371 g/mol. The van der Waals surface area contributed by atoms with Gasteiger partial charge in [-0.25, -0.2) is 13.2 Å². The molecule has 7 heteroatoms. The molecule has 1 N–H and O–H groups in total. The quantitative estimate of drug-likeness (QED) is 0.671. The van der Waals surface area contributed by atoms with E-state index in [2.05, 4.69) is 10.3 Å². The number of rotatable bonds is 5. The smallest absolute Gasteiger partial charge is 0.272 e. The second-order valence-corrected chi connectivity index (χ2v) is 5.92. The summed E-state index contributed by atoms with van der Waals surface area (Å²) in [5, 5.41) is 2.63. The number of halogens is 3. The predicted octanol–water partition coefficient (Wildman–Crippen LogP) is 4.51. The van der Waals surface area contributed by atoms with Crippen LogP contribution in [-0.4, -0.2) is 22.8 Å². The molecule has 138 valence electrons. The average Bonchev–Trinajstić information content (AvgIpc) is 2.69. The topological polar surface area (TPSA) is 45.2 Å². The van der Waals surface area contributed by atoms with Crippen molar-refractivity contribution in [2.75, 3.05) is 12.4 Å². The number of aromatic nitrogens is 1. The highest BCUT2D eigenvalue weighted by Crippen LogP contribution is 2.24. The molecule has 0 spiro atoms. The van der Waals surface area contributed by atoms with Gasteiger partial charge in [0, 0.05) is 25.5 Å². The first-order valence-corrected chi connectivity index (χ1v) is 8.11. The first kappa shape index (κ1) is 18.4. The van der Waals surface area contributed by atoms with Crippen molar-refractivity contribution in [1.82, 2.24) is 9.88 Å². The maximum atomic E-state index is 13.8. The molecule has 4 nitrogen and oxygen atoms in total. The molecule has 0 aliphatic heterocycles. The molecule has 0 fully saturated rings. The number of hydrogen-bond acceptors (Lipinski definition) is 3. The third-order valence-corrected chi connectivity index (χ3v) is 3.90.